The molecule has 7 heteroatoms. The monoisotopic (exact) mass is 377 g/mol. The van der Waals surface area contributed by atoms with Crippen LogP contribution in [0.2, 0.25) is 0 Å². The van der Waals surface area contributed by atoms with Gasteiger partial charge in [-0.2, -0.15) is 4.31 Å². The fourth-order valence-electron chi connectivity index (χ4n) is 2.95. The fourth-order valence-corrected chi connectivity index (χ4v) is 4.42. The number of carbonyl (C=O) groups excluding carboxylic acids is 1. The zero-order valence-electron chi connectivity index (χ0n) is 14.4. The standard InChI is InChI=1S/C19H20FNO4S/c1-14-4-2-3-5-18(14)25-19(22)15-10-12-21(13-11-15)26(23,24)17-8-6-16(20)7-9-17/h2-9,15H,10-13H2,1H3. The molecule has 0 amide bonds. The van der Waals surface area contributed by atoms with Crippen molar-refractivity contribution in [2.45, 2.75) is 24.7 Å². The number of ether oxygens (including phenoxy) is 1. The lowest BCUT2D eigenvalue weighted by atomic mass is 9.98. The largest absolute Gasteiger partial charge is 0.426 e. The third-order valence-corrected chi connectivity index (χ3v) is 6.46. The van der Waals surface area contributed by atoms with Crippen LogP contribution in [-0.2, 0) is 14.8 Å². The van der Waals surface area contributed by atoms with Gasteiger partial charge in [-0.3, -0.25) is 4.79 Å². The second kappa shape index (κ2) is 7.55. The van der Waals surface area contributed by atoms with Gasteiger partial charge in [0.25, 0.3) is 0 Å². The average Bonchev–Trinajstić information content (AvgIpc) is 2.64. The van der Waals surface area contributed by atoms with Crippen LogP contribution in [0.3, 0.4) is 0 Å². The molecule has 0 unspecified atom stereocenters. The Hall–Kier alpha value is -2.25. The first kappa shape index (κ1) is 18.5. The molecule has 0 saturated carbocycles. The minimum absolute atomic E-state index is 0.0554. The molecule has 0 aliphatic carbocycles. The molecule has 2 aromatic carbocycles. The van der Waals surface area contributed by atoms with E-state index in [1.54, 1.807) is 12.1 Å². The number of aryl methyl sites for hydroxylation is 1. The molecule has 1 aliphatic rings. The van der Waals surface area contributed by atoms with E-state index in [-0.39, 0.29) is 29.9 Å². The van der Waals surface area contributed by atoms with Crippen molar-refractivity contribution < 1.29 is 22.3 Å². The summed E-state index contributed by atoms with van der Waals surface area (Å²) in [7, 11) is -3.68. The van der Waals surface area contributed by atoms with Crippen molar-refractivity contribution in [2.75, 3.05) is 13.1 Å². The molecule has 2 aromatic rings. The van der Waals surface area contributed by atoms with E-state index in [4.69, 9.17) is 4.74 Å². The lowest BCUT2D eigenvalue weighted by molar-refractivity contribution is -0.140. The zero-order valence-corrected chi connectivity index (χ0v) is 15.2. The lowest BCUT2D eigenvalue weighted by Crippen LogP contribution is -2.41. The van der Waals surface area contributed by atoms with Crippen molar-refractivity contribution in [2.24, 2.45) is 5.92 Å². The summed E-state index contributed by atoms with van der Waals surface area (Å²) in [5.41, 5.74) is 0.872. The Labute approximate surface area is 152 Å². The Balaban J connectivity index is 1.62. The number of halogens is 1. The van der Waals surface area contributed by atoms with E-state index in [1.165, 1.54) is 16.4 Å². The Bertz CT molecular complexity index is 888. The van der Waals surface area contributed by atoms with Gasteiger partial charge in [-0.15, -0.1) is 0 Å². The number of nitrogens with zero attached hydrogens (tertiary/aromatic N) is 1. The second-order valence-corrected chi connectivity index (χ2v) is 8.26. The molecule has 5 nitrogen and oxygen atoms in total. The predicted octanol–water partition coefficient (Wildman–Crippen LogP) is 3.14. The Morgan fingerprint density at radius 2 is 1.69 bits per heavy atom. The van der Waals surface area contributed by atoms with Gasteiger partial charge in [-0.1, -0.05) is 18.2 Å². The van der Waals surface area contributed by atoms with Crippen molar-refractivity contribution >= 4 is 16.0 Å². The van der Waals surface area contributed by atoms with E-state index in [0.29, 0.717) is 18.6 Å². The summed E-state index contributed by atoms with van der Waals surface area (Å²) in [6.45, 7) is 2.32. The summed E-state index contributed by atoms with van der Waals surface area (Å²) in [5.74, 6) is -0.632. The quantitative estimate of drug-likeness (QED) is 0.607. The van der Waals surface area contributed by atoms with Gasteiger partial charge in [-0.25, -0.2) is 12.8 Å². The fraction of sp³-hybridized carbons (Fsp3) is 0.316. The number of carbonyl (C=O) groups is 1. The first-order valence-corrected chi connectivity index (χ1v) is 9.85. The first-order valence-electron chi connectivity index (χ1n) is 8.41. The highest BCUT2D eigenvalue weighted by atomic mass is 32.2. The van der Waals surface area contributed by atoms with Crippen LogP contribution in [0.15, 0.2) is 53.4 Å². The van der Waals surface area contributed by atoms with E-state index in [1.807, 2.05) is 19.1 Å². The summed E-state index contributed by atoms with van der Waals surface area (Å²) >= 11 is 0. The van der Waals surface area contributed by atoms with Crippen molar-refractivity contribution in [3.8, 4) is 5.75 Å². The molecule has 1 aliphatic heterocycles. The highest BCUT2D eigenvalue weighted by molar-refractivity contribution is 7.89. The number of esters is 1. The Morgan fingerprint density at radius 1 is 1.08 bits per heavy atom. The summed E-state index contributed by atoms with van der Waals surface area (Å²) in [6, 6.07) is 12.0. The number of sulfonamides is 1. The van der Waals surface area contributed by atoms with Gasteiger partial charge in [0.05, 0.1) is 10.8 Å². The van der Waals surface area contributed by atoms with E-state index >= 15 is 0 Å². The minimum atomic E-state index is -3.68. The third-order valence-electron chi connectivity index (χ3n) is 4.54. The molecule has 0 aromatic heterocycles. The van der Waals surface area contributed by atoms with Crippen LogP contribution in [-0.4, -0.2) is 31.8 Å². The molecule has 3 rings (SSSR count). The Kier molecular flexibility index (Phi) is 5.38. The zero-order chi connectivity index (χ0) is 18.7. The number of para-hydroxylation sites is 1. The molecular formula is C19H20FNO4S. The molecule has 138 valence electrons. The van der Waals surface area contributed by atoms with E-state index in [2.05, 4.69) is 0 Å². The van der Waals surface area contributed by atoms with E-state index in [9.17, 15) is 17.6 Å². The molecule has 1 fully saturated rings. The van der Waals surface area contributed by atoms with Crippen molar-refractivity contribution in [3.05, 3.63) is 59.9 Å². The van der Waals surface area contributed by atoms with E-state index < -0.39 is 15.8 Å². The van der Waals surface area contributed by atoms with Crippen LogP contribution in [0.1, 0.15) is 18.4 Å². The molecule has 0 atom stereocenters. The number of hydrogen-bond donors (Lipinski definition) is 0. The lowest BCUT2D eigenvalue weighted by Gasteiger charge is -2.30. The topological polar surface area (TPSA) is 63.7 Å². The van der Waals surface area contributed by atoms with Gasteiger partial charge < -0.3 is 4.74 Å². The van der Waals surface area contributed by atoms with Gasteiger partial charge in [0.15, 0.2) is 0 Å². The minimum Gasteiger partial charge on any atom is -0.426 e. The average molecular weight is 377 g/mol. The highest BCUT2D eigenvalue weighted by Gasteiger charge is 2.33. The molecule has 1 heterocycles. The van der Waals surface area contributed by atoms with Gasteiger partial charge in [0.1, 0.15) is 11.6 Å². The summed E-state index contributed by atoms with van der Waals surface area (Å²) in [4.78, 5) is 12.4. The van der Waals surface area contributed by atoms with Crippen LogP contribution in [0, 0.1) is 18.7 Å². The first-order chi connectivity index (χ1) is 12.4. The number of benzene rings is 2. The normalized spacial score (nSPS) is 16.4. The van der Waals surface area contributed by atoms with Gasteiger partial charge >= 0.3 is 5.97 Å². The molecule has 0 radical (unpaired) electrons. The van der Waals surface area contributed by atoms with Crippen LogP contribution < -0.4 is 4.74 Å². The molecule has 26 heavy (non-hydrogen) atoms. The van der Waals surface area contributed by atoms with Crippen molar-refractivity contribution in [1.29, 1.82) is 0 Å². The smallest absolute Gasteiger partial charge is 0.314 e. The molecule has 1 saturated heterocycles. The SMILES string of the molecule is Cc1ccccc1OC(=O)C1CCN(S(=O)(=O)c2ccc(F)cc2)CC1. The maximum atomic E-state index is 13.0. The summed E-state index contributed by atoms with van der Waals surface area (Å²) in [6.07, 6.45) is 0.788. The number of rotatable bonds is 4. The summed E-state index contributed by atoms with van der Waals surface area (Å²) < 4.78 is 45.0. The van der Waals surface area contributed by atoms with Gasteiger partial charge in [0, 0.05) is 13.1 Å². The van der Waals surface area contributed by atoms with Crippen LogP contribution >= 0.6 is 0 Å². The van der Waals surface area contributed by atoms with Crippen LogP contribution in [0.4, 0.5) is 4.39 Å². The van der Waals surface area contributed by atoms with Crippen LogP contribution in [0.25, 0.3) is 0 Å². The molecular weight excluding hydrogens is 357 g/mol. The highest BCUT2D eigenvalue weighted by Crippen LogP contribution is 2.26. The van der Waals surface area contributed by atoms with Crippen molar-refractivity contribution in [3.63, 3.8) is 0 Å². The second-order valence-electron chi connectivity index (χ2n) is 6.32. The molecule has 0 spiro atoms. The van der Waals surface area contributed by atoms with Gasteiger partial charge in [-0.05, 0) is 55.7 Å². The molecule has 0 bridgehead atoms. The van der Waals surface area contributed by atoms with E-state index in [0.717, 1.165) is 17.7 Å². The van der Waals surface area contributed by atoms with Gasteiger partial charge in [0.2, 0.25) is 10.0 Å². The predicted molar refractivity (Wildman–Crippen MR) is 94.7 cm³/mol. The summed E-state index contributed by atoms with van der Waals surface area (Å²) in [5, 5.41) is 0. The number of piperidine rings is 1. The molecule has 0 N–H and O–H groups in total. The third kappa shape index (κ3) is 3.94. The van der Waals surface area contributed by atoms with Crippen LogP contribution in [0.5, 0.6) is 5.75 Å². The maximum Gasteiger partial charge on any atom is 0.314 e. The Morgan fingerprint density at radius 3 is 2.31 bits per heavy atom. The number of hydrogen-bond acceptors (Lipinski definition) is 4. The maximum absolute atomic E-state index is 13.0. The van der Waals surface area contributed by atoms with Crippen molar-refractivity contribution in [1.82, 2.24) is 4.31 Å².